The molecule has 0 aliphatic rings. The van der Waals surface area contributed by atoms with Crippen LogP contribution in [0, 0.1) is 0 Å². The highest BCUT2D eigenvalue weighted by Crippen LogP contribution is 2.32. The summed E-state index contributed by atoms with van der Waals surface area (Å²) in [6.07, 6.45) is 0. The largest absolute Gasteiger partial charge is 0.296 e. The van der Waals surface area contributed by atoms with Gasteiger partial charge in [-0.3, -0.25) is 0 Å². The summed E-state index contributed by atoms with van der Waals surface area (Å²) in [6.45, 7) is 0. The molecule has 0 amide bonds. The molecule has 2 heterocycles. The summed E-state index contributed by atoms with van der Waals surface area (Å²) in [6, 6.07) is 7.77. The van der Waals surface area contributed by atoms with Crippen LogP contribution in [-0.4, -0.2) is 23.6 Å². The Morgan fingerprint density at radius 3 is 2.78 bits per heavy atom. The highest BCUT2D eigenvalue weighted by atomic mass is 35.7. The first kappa shape index (κ1) is 11.6. The maximum atomic E-state index is 11.1. The van der Waals surface area contributed by atoms with Gasteiger partial charge in [0.15, 0.2) is 5.82 Å². The average Bonchev–Trinajstić information content (AvgIpc) is 2.94. The second-order valence-corrected chi connectivity index (χ2v) is 6.94. The Bertz CT molecular complexity index is 822. The van der Waals surface area contributed by atoms with Crippen molar-refractivity contribution in [1.29, 1.82) is 0 Å². The number of nitrogens with zero attached hydrogens (tertiary/aromatic N) is 2. The minimum Gasteiger partial charge on any atom is -0.248 e. The molecule has 0 unspecified atom stereocenters. The number of aromatic nitrogens is 3. The van der Waals surface area contributed by atoms with Gasteiger partial charge in [-0.05, 0) is 6.07 Å². The van der Waals surface area contributed by atoms with E-state index in [9.17, 15) is 8.42 Å². The normalized spacial score (nSPS) is 12.1. The number of hydrogen-bond donors (Lipinski definition) is 1. The predicted octanol–water partition coefficient (Wildman–Crippen LogP) is 2.61. The van der Waals surface area contributed by atoms with Crippen molar-refractivity contribution in [3.05, 3.63) is 29.6 Å². The van der Waals surface area contributed by atoms with E-state index in [-0.39, 0.29) is 5.16 Å². The summed E-state index contributed by atoms with van der Waals surface area (Å²) >= 11 is 1.55. The summed E-state index contributed by atoms with van der Waals surface area (Å²) in [5.74, 6) is 0.326. The molecular formula is C10H6ClN3O2S2. The summed E-state index contributed by atoms with van der Waals surface area (Å²) in [5, 5.41) is 8.74. The molecule has 0 atom stereocenters. The summed E-state index contributed by atoms with van der Waals surface area (Å²) in [7, 11) is 1.31. The van der Waals surface area contributed by atoms with Gasteiger partial charge >= 0.3 is 0 Å². The van der Waals surface area contributed by atoms with Crippen LogP contribution < -0.4 is 0 Å². The van der Waals surface area contributed by atoms with E-state index in [2.05, 4.69) is 15.2 Å². The van der Waals surface area contributed by atoms with Crippen LogP contribution in [0.3, 0.4) is 0 Å². The van der Waals surface area contributed by atoms with Crippen LogP contribution in [0.1, 0.15) is 0 Å². The van der Waals surface area contributed by atoms with E-state index in [0.717, 1.165) is 15.6 Å². The zero-order chi connectivity index (χ0) is 12.8. The number of H-pyrrole nitrogens is 1. The molecule has 0 aliphatic heterocycles. The van der Waals surface area contributed by atoms with Crippen molar-refractivity contribution in [2.24, 2.45) is 0 Å². The van der Waals surface area contributed by atoms with Gasteiger partial charge in [-0.1, -0.05) is 18.2 Å². The average molecular weight is 300 g/mol. The van der Waals surface area contributed by atoms with Crippen LogP contribution in [0.25, 0.3) is 21.5 Å². The van der Waals surface area contributed by atoms with Gasteiger partial charge in [0.2, 0.25) is 0 Å². The lowest BCUT2D eigenvalue weighted by atomic mass is 10.2. The van der Waals surface area contributed by atoms with E-state index in [4.69, 9.17) is 10.7 Å². The minimum atomic E-state index is -3.88. The lowest BCUT2D eigenvalue weighted by molar-refractivity contribution is 0.602. The zero-order valence-corrected chi connectivity index (χ0v) is 11.2. The molecule has 18 heavy (non-hydrogen) atoms. The highest BCUT2D eigenvalue weighted by Gasteiger charge is 2.18. The molecule has 3 aromatic rings. The third kappa shape index (κ3) is 1.90. The van der Waals surface area contributed by atoms with Crippen molar-refractivity contribution in [2.45, 2.75) is 5.16 Å². The molecule has 1 aromatic carbocycles. The number of thiophene rings is 1. The first-order chi connectivity index (χ1) is 8.55. The number of hydrogen-bond acceptors (Lipinski definition) is 5. The van der Waals surface area contributed by atoms with Gasteiger partial charge in [0.25, 0.3) is 14.2 Å². The van der Waals surface area contributed by atoms with Gasteiger partial charge in [-0.2, -0.15) is 10.1 Å². The van der Waals surface area contributed by atoms with Crippen molar-refractivity contribution >= 4 is 41.2 Å². The topological polar surface area (TPSA) is 75.7 Å². The molecule has 0 radical (unpaired) electrons. The first-order valence-corrected chi connectivity index (χ1v) is 8.08. The Labute approximate surface area is 111 Å². The Morgan fingerprint density at radius 2 is 2.06 bits per heavy atom. The number of nitrogens with one attached hydrogen (secondary N) is 1. The molecule has 92 valence electrons. The van der Waals surface area contributed by atoms with Crippen LogP contribution in [0.4, 0.5) is 0 Å². The number of halogens is 1. The quantitative estimate of drug-likeness (QED) is 0.738. The first-order valence-electron chi connectivity index (χ1n) is 4.89. The Balaban J connectivity index is 2.18. The van der Waals surface area contributed by atoms with Crippen LogP contribution in [0.15, 0.2) is 34.8 Å². The van der Waals surface area contributed by atoms with E-state index < -0.39 is 9.05 Å². The fourth-order valence-electron chi connectivity index (χ4n) is 1.63. The third-order valence-electron chi connectivity index (χ3n) is 2.42. The third-order valence-corrected chi connectivity index (χ3v) is 4.46. The molecule has 2 aromatic heterocycles. The molecule has 5 nitrogen and oxygen atoms in total. The molecule has 0 fully saturated rings. The van der Waals surface area contributed by atoms with Gasteiger partial charge in [-0.25, -0.2) is 13.5 Å². The van der Waals surface area contributed by atoms with E-state index >= 15 is 0 Å². The number of benzene rings is 1. The van der Waals surface area contributed by atoms with E-state index in [1.807, 2.05) is 29.6 Å². The Morgan fingerprint density at radius 1 is 1.28 bits per heavy atom. The van der Waals surface area contributed by atoms with Gasteiger partial charge < -0.3 is 0 Å². The standard InChI is InChI=1S/C10H6ClN3O2S2/c11-18(15,16)10-12-9(13-14-10)7-5-17-8-4-2-1-3-6(7)8/h1-5H,(H,12,13,14). The highest BCUT2D eigenvalue weighted by molar-refractivity contribution is 8.13. The van der Waals surface area contributed by atoms with Crippen molar-refractivity contribution in [2.75, 3.05) is 0 Å². The maximum Gasteiger partial charge on any atom is 0.296 e. The lowest BCUT2D eigenvalue weighted by Gasteiger charge is -1.91. The summed E-state index contributed by atoms with van der Waals surface area (Å²) < 4.78 is 23.3. The monoisotopic (exact) mass is 299 g/mol. The van der Waals surface area contributed by atoms with E-state index in [1.54, 1.807) is 11.3 Å². The van der Waals surface area contributed by atoms with E-state index in [1.165, 1.54) is 0 Å². The number of rotatable bonds is 2. The molecule has 8 heteroatoms. The SMILES string of the molecule is O=S(=O)(Cl)c1nc(-c2csc3ccccc23)n[nH]1. The van der Waals surface area contributed by atoms with Gasteiger partial charge in [-0.15, -0.1) is 11.3 Å². The van der Waals surface area contributed by atoms with Crippen molar-refractivity contribution in [3.8, 4) is 11.4 Å². The molecule has 0 spiro atoms. The van der Waals surface area contributed by atoms with Gasteiger partial charge in [0.05, 0.1) is 0 Å². The van der Waals surface area contributed by atoms with Crippen LogP contribution in [-0.2, 0) is 9.05 Å². The maximum absolute atomic E-state index is 11.1. The molecule has 1 N–H and O–H groups in total. The fraction of sp³-hybridized carbons (Fsp3) is 0. The fourth-order valence-corrected chi connectivity index (χ4v) is 3.12. The summed E-state index contributed by atoms with van der Waals surface area (Å²) in [4.78, 5) is 3.89. The van der Waals surface area contributed by atoms with Crippen LogP contribution in [0.5, 0.6) is 0 Å². The molecular weight excluding hydrogens is 294 g/mol. The second kappa shape index (κ2) is 4.04. The van der Waals surface area contributed by atoms with Gasteiger partial charge in [0, 0.05) is 31.7 Å². The number of aromatic amines is 1. The smallest absolute Gasteiger partial charge is 0.248 e. The molecule has 0 bridgehead atoms. The summed E-state index contributed by atoms with van der Waals surface area (Å²) in [5.41, 5.74) is 0.790. The van der Waals surface area contributed by atoms with Crippen molar-refractivity contribution in [1.82, 2.24) is 15.2 Å². The minimum absolute atomic E-state index is 0.326. The van der Waals surface area contributed by atoms with Crippen LogP contribution in [0.2, 0.25) is 0 Å². The molecule has 0 aliphatic carbocycles. The molecule has 0 saturated heterocycles. The zero-order valence-electron chi connectivity index (χ0n) is 8.79. The predicted molar refractivity (Wildman–Crippen MR) is 70.2 cm³/mol. The van der Waals surface area contributed by atoms with Crippen LogP contribution >= 0.6 is 22.0 Å². The Hall–Kier alpha value is -1.44. The lowest BCUT2D eigenvalue weighted by Crippen LogP contribution is -1.92. The molecule has 0 saturated carbocycles. The van der Waals surface area contributed by atoms with Crippen molar-refractivity contribution < 1.29 is 8.42 Å². The van der Waals surface area contributed by atoms with Gasteiger partial charge in [0.1, 0.15) is 0 Å². The van der Waals surface area contributed by atoms with E-state index in [0.29, 0.717) is 5.82 Å². The van der Waals surface area contributed by atoms with Crippen molar-refractivity contribution in [3.63, 3.8) is 0 Å². The molecule has 3 rings (SSSR count). The Kier molecular flexibility index (Phi) is 2.61. The second-order valence-electron chi connectivity index (χ2n) is 3.55. The number of fused-ring (bicyclic) bond motifs is 1.